The summed E-state index contributed by atoms with van der Waals surface area (Å²) in [6.07, 6.45) is 3.13. The number of aryl methyl sites for hydroxylation is 1. The fraction of sp³-hybridized carbons (Fsp3) is 0.450. The summed E-state index contributed by atoms with van der Waals surface area (Å²) < 4.78 is 5.33. The quantitative estimate of drug-likeness (QED) is 0.811. The van der Waals surface area contributed by atoms with Gasteiger partial charge in [-0.15, -0.1) is 0 Å². The molecule has 0 aliphatic carbocycles. The number of carbonyl (C=O) groups excluding carboxylic acids is 2. The molecule has 7 nitrogen and oxygen atoms in total. The van der Waals surface area contributed by atoms with Crippen LogP contribution in [0.5, 0.6) is 0 Å². The lowest BCUT2D eigenvalue weighted by Crippen LogP contribution is -2.49. The predicted molar refractivity (Wildman–Crippen MR) is 102 cm³/mol. The Morgan fingerprint density at radius 1 is 1.30 bits per heavy atom. The molecule has 1 fully saturated rings. The second kappa shape index (κ2) is 8.81. The number of rotatable bonds is 6. The predicted octanol–water partition coefficient (Wildman–Crippen LogP) is 2.11. The molecule has 2 heterocycles. The smallest absolute Gasteiger partial charge is 0.292 e. The van der Waals surface area contributed by atoms with Crippen LogP contribution in [0.15, 0.2) is 34.9 Å². The average Bonchev–Trinajstić information content (AvgIpc) is 3.17. The van der Waals surface area contributed by atoms with Crippen LogP contribution in [0.25, 0.3) is 11.3 Å². The number of benzene rings is 1. The van der Waals surface area contributed by atoms with E-state index in [4.69, 9.17) is 10.3 Å². The standard InChI is InChI=1S/C20H26N4O3/c1-14-5-7-15(8-6-14)17-12-18(27-23-17)20(26)24-11-3-2-4-16(24)13-22-19(25)9-10-21/h5-8,12,16H,2-4,9-11,13,21H2,1H3,(H,22,25). The van der Waals surface area contributed by atoms with Crippen molar-refractivity contribution in [3.63, 3.8) is 0 Å². The second-order valence-corrected chi connectivity index (χ2v) is 6.93. The van der Waals surface area contributed by atoms with Crippen LogP contribution in [0, 0.1) is 6.92 Å². The van der Waals surface area contributed by atoms with Crippen molar-refractivity contribution in [1.29, 1.82) is 0 Å². The van der Waals surface area contributed by atoms with E-state index in [1.54, 1.807) is 11.0 Å². The molecule has 27 heavy (non-hydrogen) atoms. The molecule has 3 rings (SSSR count). The van der Waals surface area contributed by atoms with Gasteiger partial charge in [-0.05, 0) is 26.2 Å². The molecule has 1 aliphatic rings. The maximum atomic E-state index is 12.9. The molecule has 1 aromatic heterocycles. The molecule has 1 unspecified atom stereocenters. The van der Waals surface area contributed by atoms with Crippen LogP contribution in [0.2, 0.25) is 0 Å². The van der Waals surface area contributed by atoms with Crippen molar-refractivity contribution in [1.82, 2.24) is 15.4 Å². The number of hydrogen-bond donors (Lipinski definition) is 2. The topological polar surface area (TPSA) is 101 Å². The number of aromatic nitrogens is 1. The van der Waals surface area contributed by atoms with E-state index in [-0.39, 0.29) is 23.6 Å². The number of piperidine rings is 1. The first kappa shape index (κ1) is 19.1. The molecule has 7 heteroatoms. The van der Waals surface area contributed by atoms with Gasteiger partial charge in [0.05, 0.1) is 0 Å². The van der Waals surface area contributed by atoms with E-state index < -0.39 is 0 Å². The number of carbonyl (C=O) groups is 2. The fourth-order valence-electron chi connectivity index (χ4n) is 3.31. The Kier molecular flexibility index (Phi) is 6.24. The second-order valence-electron chi connectivity index (χ2n) is 6.93. The van der Waals surface area contributed by atoms with Crippen molar-refractivity contribution in [3.8, 4) is 11.3 Å². The Hall–Kier alpha value is -2.67. The van der Waals surface area contributed by atoms with Crippen LogP contribution >= 0.6 is 0 Å². The highest BCUT2D eigenvalue weighted by molar-refractivity contribution is 5.92. The number of hydrogen-bond acceptors (Lipinski definition) is 5. The van der Waals surface area contributed by atoms with E-state index in [2.05, 4.69) is 10.5 Å². The molecule has 3 N–H and O–H groups in total. The maximum absolute atomic E-state index is 12.9. The number of amides is 2. The lowest BCUT2D eigenvalue weighted by molar-refractivity contribution is -0.121. The first-order valence-corrected chi connectivity index (χ1v) is 9.40. The van der Waals surface area contributed by atoms with Crippen LogP contribution in [0.4, 0.5) is 0 Å². The third kappa shape index (κ3) is 4.74. The lowest BCUT2D eigenvalue weighted by Gasteiger charge is -2.35. The summed E-state index contributed by atoms with van der Waals surface area (Å²) in [6.45, 7) is 3.42. The van der Waals surface area contributed by atoms with Gasteiger partial charge in [-0.2, -0.15) is 0 Å². The highest BCUT2D eigenvalue weighted by Gasteiger charge is 2.30. The van der Waals surface area contributed by atoms with E-state index >= 15 is 0 Å². The molecule has 1 atom stereocenters. The summed E-state index contributed by atoms with van der Waals surface area (Å²) >= 11 is 0. The molecule has 1 saturated heterocycles. The average molecular weight is 370 g/mol. The Bertz CT molecular complexity index is 785. The highest BCUT2D eigenvalue weighted by Crippen LogP contribution is 2.23. The van der Waals surface area contributed by atoms with Crippen molar-refractivity contribution in [2.24, 2.45) is 5.73 Å². The minimum atomic E-state index is -0.182. The minimum Gasteiger partial charge on any atom is -0.354 e. The summed E-state index contributed by atoms with van der Waals surface area (Å²) in [5.74, 6) is -0.0406. The van der Waals surface area contributed by atoms with Gasteiger partial charge in [0.25, 0.3) is 5.91 Å². The Morgan fingerprint density at radius 3 is 2.81 bits per heavy atom. The first-order valence-electron chi connectivity index (χ1n) is 9.40. The summed E-state index contributed by atoms with van der Waals surface area (Å²) in [5, 5.41) is 6.92. The van der Waals surface area contributed by atoms with E-state index in [9.17, 15) is 9.59 Å². The minimum absolute atomic E-state index is 0.0408. The number of nitrogens with zero attached hydrogens (tertiary/aromatic N) is 2. The van der Waals surface area contributed by atoms with Gasteiger partial charge in [0.2, 0.25) is 11.7 Å². The largest absolute Gasteiger partial charge is 0.354 e. The zero-order valence-corrected chi connectivity index (χ0v) is 15.6. The van der Waals surface area contributed by atoms with E-state index in [1.165, 1.54) is 0 Å². The molecule has 0 saturated carbocycles. The van der Waals surface area contributed by atoms with E-state index in [0.717, 1.165) is 30.4 Å². The number of nitrogens with one attached hydrogen (secondary N) is 1. The molecule has 1 aromatic carbocycles. The molecule has 0 spiro atoms. The highest BCUT2D eigenvalue weighted by atomic mass is 16.5. The Morgan fingerprint density at radius 2 is 2.07 bits per heavy atom. The van der Waals surface area contributed by atoms with Crippen molar-refractivity contribution < 1.29 is 14.1 Å². The van der Waals surface area contributed by atoms with Crippen LogP contribution < -0.4 is 11.1 Å². The molecule has 0 bridgehead atoms. The van der Waals surface area contributed by atoms with Crippen molar-refractivity contribution >= 4 is 11.8 Å². The van der Waals surface area contributed by atoms with Crippen molar-refractivity contribution in [2.45, 2.75) is 38.6 Å². The van der Waals surface area contributed by atoms with Crippen LogP contribution in [0.3, 0.4) is 0 Å². The van der Waals surface area contributed by atoms with Gasteiger partial charge in [-0.3, -0.25) is 9.59 Å². The third-order valence-corrected chi connectivity index (χ3v) is 4.86. The van der Waals surface area contributed by atoms with Gasteiger partial charge in [-0.1, -0.05) is 35.0 Å². The number of likely N-dealkylation sites (tertiary alicyclic amines) is 1. The normalized spacial score (nSPS) is 17.0. The van der Waals surface area contributed by atoms with Crippen molar-refractivity contribution in [2.75, 3.05) is 19.6 Å². The van der Waals surface area contributed by atoms with Gasteiger partial charge < -0.3 is 20.5 Å². The molecule has 1 aliphatic heterocycles. The molecule has 2 amide bonds. The Labute approximate surface area is 158 Å². The van der Waals surface area contributed by atoms with Crippen LogP contribution in [-0.4, -0.2) is 47.5 Å². The summed E-state index contributed by atoms with van der Waals surface area (Å²) in [4.78, 5) is 26.4. The molecule has 0 radical (unpaired) electrons. The van der Waals surface area contributed by atoms with Crippen molar-refractivity contribution in [3.05, 3.63) is 41.7 Å². The monoisotopic (exact) mass is 370 g/mol. The van der Waals surface area contributed by atoms with Gasteiger partial charge >= 0.3 is 0 Å². The summed E-state index contributed by atoms with van der Waals surface area (Å²) in [6, 6.07) is 9.55. The van der Waals surface area contributed by atoms with Crippen LogP contribution in [0.1, 0.15) is 41.8 Å². The molecule has 144 valence electrons. The molecular formula is C20H26N4O3. The summed E-state index contributed by atoms with van der Waals surface area (Å²) in [5.41, 5.74) is 8.11. The fourth-order valence-corrected chi connectivity index (χ4v) is 3.31. The van der Waals surface area contributed by atoms with Gasteiger partial charge in [0.1, 0.15) is 5.69 Å². The zero-order valence-electron chi connectivity index (χ0n) is 15.6. The van der Waals surface area contributed by atoms with Crippen LogP contribution in [-0.2, 0) is 4.79 Å². The molecular weight excluding hydrogens is 344 g/mol. The van der Waals surface area contributed by atoms with E-state index in [0.29, 0.717) is 31.7 Å². The first-order chi connectivity index (χ1) is 13.1. The zero-order chi connectivity index (χ0) is 19.2. The lowest BCUT2D eigenvalue weighted by atomic mass is 10.0. The summed E-state index contributed by atoms with van der Waals surface area (Å²) in [7, 11) is 0. The maximum Gasteiger partial charge on any atom is 0.292 e. The molecule has 2 aromatic rings. The van der Waals surface area contributed by atoms with Gasteiger partial charge in [-0.25, -0.2) is 0 Å². The Balaban J connectivity index is 1.69. The SMILES string of the molecule is Cc1ccc(-c2cc(C(=O)N3CCCCC3CNC(=O)CCN)on2)cc1. The number of nitrogens with two attached hydrogens (primary N) is 1. The van der Waals surface area contributed by atoms with E-state index in [1.807, 2.05) is 31.2 Å². The van der Waals surface area contributed by atoms with Gasteiger partial charge in [0, 0.05) is 43.7 Å². The third-order valence-electron chi connectivity index (χ3n) is 4.86. The van der Waals surface area contributed by atoms with Gasteiger partial charge in [0.15, 0.2) is 0 Å².